The van der Waals surface area contributed by atoms with Gasteiger partial charge in [0.1, 0.15) is 19.8 Å². The van der Waals surface area contributed by atoms with Crippen LogP contribution in [0.3, 0.4) is 0 Å². The van der Waals surface area contributed by atoms with Gasteiger partial charge < -0.3 is 29.6 Å². The second-order valence-electron chi connectivity index (χ2n) is 7.77. The van der Waals surface area contributed by atoms with Gasteiger partial charge in [0.25, 0.3) is 0 Å². The van der Waals surface area contributed by atoms with Crippen molar-refractivity contribution in [3.8, 4) is 11.1 Å². The van der Waals surface area contributed by atoms with E-state index in [9.17, 15) is 14.4 Å². The fourth-order valence-electron chi connectivity index (χ4n) is 3.81. The molecule has 0 spiro atoms. The molecule has 2 aromatic rings. The molecule has 1 aliphatic carbocycles. The van der Waals surface area contributed by atoms with Gasteiger partial charge in [-0.2, -0.15) is 0 Å². The van der Waals surface area contributed by atoms with Crippen LogP contribution >= 0.6 is 0 Å². The molecular weight excluding hydrogens is 440 g/mol. The topological polar surface area (TPSA) is 112 Å². The lowest BCUT2D eigenvalue weighted by atomic mass is 9.97. The summed E-state index contributed by atoms with van der Waals surface area (Å²) in [6.07, 6.45) is 0.277. The first-order chi connectivity index (χ1) is 16.5. The molecule has 1 unspecified atom stereocenters. The molecule has 0 saturated heterocycles. The molecule has 182 valence electrons. The first kappa shape index (κ1) is 25.4. The minimum absolute atomic E-state index is 0.0485. The van der Waals surface area contributed by atoms with Gasteiger partial charge in [-0.3, -0.25) is 14.4 Å². The van der Waals surface area contributed by atoms with Crippen molar-refractivity contribution in [1.29, 1.82) is 0 Å². The zero-order valence-electron chi connectivity index (χ0n) is 19.6. The predicted molar refractivity (Wildman–Crippen MR) is 127 cm³/mol. The summed E-state index contributed by atoms with van der Waals surface area (Å²) < 4.78 is 20.5. The predicted octanol–water partition coefficient (Wildman–Crippen LogP) is 2.94. The van der Waals surface area contributed by atoms with Crippen molar-refractivity contribution in [3.05, 3.63) is 47.5 Å². The van der Waals surface area contributed by atoms with Crippen molar-refractivity contribution in [2.45, 2.75) is 19.3 Å². The number of hydrogen-bond acceptors (Lipinski definition) is 7. The summed E-state index contributed by atoms with van der Waals surface area (Å²) in [6.45, 7) is 2.51. The number of hydrogen-bond donors (Lipinski definition) is 2. The maximum atomic E-state index is 12.2. The Kier molecular flexibility index (Phi) is 9.15. The molecule has 0 radical (unpaired) electrons. The summed E-state index contributed by atoms with van der Waals surface area (Å²) in [6, 6.07) is 11.3. The minimum atomic E-state index is -0.294. The Morgan fingerprint density at radius 3 is 1.94 bits per heavy atom. The molecular formula is C25H30N2O7. The Balaban J connectivity index is 1.83. The monoisotopic (exact) mass is 470 g/mol. The van der Waals surface area contributed by atoms with Crippen LogP contribution in [0.5, 0.6) is 0 Å². The second kappa shape index (κ2) is 12.3. The zero-order valence-corrected chi connectivity index (χ0v) is 19.6. The summed E-state index contributed by atoms with van der Waals surface area (Å²) in [7, 11) is 3.02. The van der Waals surface area contributed by atoms with Crippen molar-refractivity contribution in [2.24, 2.45) is 0 Å². The molecule has 0 aliphatic heterocycles. The van der Waals surface area contributed by atoms with E-state index in [2.05, 4.69) is 10.6 Å². The lowest BCUT2D eigenvalue weighted by Crippen LogP contribution is -2.20. The van der Waals surface area contributed by atoms with Crippen LogP contribution in [0.2, 0.25) is 0 Å². The van der Waals surface area contributed by atoms with Gasteiger partial charge in [-0.1, -0.05) is 19.1 Å². The molecule has 9 heteroatoms. The van der Waals surface area contributed by atoms with Crippen LogP contribution in [-0.2, 0) is 33.3 Å². The van der Waals surface area contributed by atoms with Gasteiger partial charge in [0.15, 0.2) is 0 Å². The number of rotatable bonds is 12. The first-order valence-corrected chi connectivity index (χ1v) is 11.1. The number of amides is 2. The SMILES string of the molecule is CCC(=O)OCC1c2cc(NC(=O)COC)ccc2-c2ccc(NC(=O)COCCOC)cc21. The zero-order chi connectivity index (χ0) is 24.5. The fourth-order valence-corrected chi connectivity index (χ4v) is 3.81. The van der Waals surface area contributed by atoms with E-state index in [1.807, 2.05) is 36.4 Å². The highest BCUT2D eigenvalue weighted by Gasteiger charge is 2.30. The second-order valence-corrected chi connectivity index (χ2v) is 7.77. The summed E-state index contributed by atoms with van der Waals surface area (Å²) in [5.74, 6) is -1.07. The lowest BCUT2D eigenvalue weighted by Gasteiger charge is -2.16. The van der Waals surface area contributed by atoms with Gasteiger partial charge in [0.2, 0.25) is 11.8 Å². The van der Waals surface area contributed by atoms with Crippen LogP contribution in [0, 0.1) is 0 Å². The number of benzene rings is 2. The van der Waals surface area contributed by atoms with Crippen LogP contribution in [0.4, 0.5) is 11.4 Å². The normalized spacial score (nSPS) is 13.7. The number of fused-ring (bicyclic) bond motifs is 3. The molecule has 34 heavy (non-hydrogen) atoms. The molecule has 0 aromatic heterocycles. The van der Waals surface area contributed by atoms with E-state index in [0.717, 1.165) is 22.3 Å². The highest BCUT2D eigenvalue weighted by Crippen LogP contribution is 2.46. The van der Waals surface area contributed by atoms with E-state index in [1.165, 1.54) is 7.11 Å². The highest BCUT2D eigenvalue weighted by atomic mass is 16.5. The van der Waals surface area contributed by atoms with E-state index in [4.69, 9.17) is 18.9 Å². The molecule has 0 saturated carbocycles. The minimum Gasteiger partial charge on any atom is -0.465 e. The van der Waals surface area contributed by atoms with E-state index < -0.39 is 0 Å². The van der Waals surface area contributed by atoms with Gasteiger partial charge in [0, 0.05) is 37.9 Å². The Morgan fingerprint density at radius 2 is 1.41 bits per heavy atom. The third kappa shape index (κ3) is 6.40. The summed E-state index contributed by atoms with van der Waals surface area (Å²) >= 11 is 0. The van der Waals surface area contributed by atoms with E-state index in [0.29, 0.717) is 24.6 Å². The van der Waals surface area contributed by atoms with Crippen LogP contribution in [0.15, 0.2) is 36.4 Å². The standard InChI is InChI=1S/C25H30N2O7/c1-4-25(30)34-13-22-20-11-16(26-23(28)14-32-3)5-7-18(20)19-8-6-17(12-21(19)22)27-24(29)15-33-10-9-31-2/h5-8,11-12,22H,4,9-10,13-15H2,1-3H3,(H,26,28)(H,27,29). The van der Waals surface area contributed by atoms with Gasteiger partial charge in [-0.25, -0.2) is 0 Å². The van der Waals surface area contributed by atoms with Gasteiger partial charge >= 0.3 is 5.97 Å². The quantitative estimate of drug-likeness (QED) is 0.362. The van der Waals surface area contributed by atoms with Crippen molar-refractivity contribution < 1.29 is 33.3 Å². The van der Waals surface area contributed by atoms with Crippen molar-refractivity contribution in [3.63, 3.8) is 0 Å². The number of esters is 1. The summed E-state index contributed by atoms with van der Waals surface area (Å²) in [5, 5.41) is 5.65. The molecule has 0 bridgehead atoms. The van der Waals surface area contributed by atoms with E-state index in [-0.39, 0.29) is 49.9 Å². The third-order valence-electron chi connectivity index (χ3n) is 5.35. The van der Waals surface area contributed by atoms with E-state index >= 15 is 0 Å². The van der Waals surface area contributed by atoms with Crippen molar-refractivity contribution in [2.75, 3.05) is 57.9 Å². The molecule has 1 atom stereocenters. The molecule has 9 nitrogen and oxygen atoms in total. The number of carbonyl (C=O) groups excluding carboxylic acids is 3. The lowest BCUT2D eigenvalue weighted by molar-refractivity contribution is -0.143. The average Bonchev–Trinajstić information content (AvgIpc) is 3.12. The van der Waals surface area contributed by atoms with E-state index in [1.54, 1.807) is 14.0 Å². The van der Waals surface area contributed by atoms with Gasteiger partial charge in [-0.05, 0) is 46.5 Å². The fraction of sp³-hybridized carbons (Fsp3) is 0.400. The summed E-state index contributed by atoms with van der Waals surface area (Å²) in [4.78, 5) is 36.1. The van der Waals surface area contributed by atoms with Crippen LogP contribution in [-0.4, -0.2) is 65.0 Å². The maximum Gasteiger partial charge on any atom is 0.305 e. The number of carbonyl (C=O) groups is 3. The molecule has 2 N–H and O–H groups in total. The summed E-state index contributed by atoms with van der Waals surface area (Å²) in [5.41, 5.74) is 5.07. The Labute approximate surface area is 198 Å². The molecule has 3 rings (SSSR count). The molecule has 2 amide bonds. The largest absolute Gasteiger partial charge is 0.465 e. The molecule has 0 heterocycles. The number of nitrogens with one attached hydrogen (secondary N) is 2. The van der Waals surface area contributed by atoms with Crippen LogP contribution < -0.4 is 10.6 Å². The smallest absolute Gasteiger partial charge is 0.305 e. The maximum absolute atomic E-state index is 12.2. The van der Waals surface area contributed by atoms with Crippen molar-refractivity contribution >= 4 is 29.2 Å². The molecule has 2 aromatic carbocycles. The first-order valence-electron chi connectivity index (χ1n) is 11.1. The number of anilines is 2. The number of methoxy groups -OCH3 is 2. The highest BCUT2D eigenvalue weighted by molar-refractivity contribution is 5.94. The third-order valence-corrected chi connectivity index (χ3v) is 5.35. The average molecular weight is 471 g/mol. The Bertz CT molecular complexity index is 1040. The Morgan fingerprint density at radius 1 is 0.824 bits per heavy atom. The van der Waals surface area contributed by atoms with Gasteiger partial charge in [-0.15, -0.1) is 0 Å². The Hall–Kier alpha value is -3.27. The van der Waals surface area contributed by atoms with Crippen LogP contribution in [0.25, 0.3) is 11.1 Å². The molecule has 0 fully saturated rings. The van der Waals surface area contributed by atoms with Crippen LogP contribution in [0.1, 0.15) is 30.4 Å². The number of ether oxygens (including phenoxy) is 4. The van der Waals surface area contributed by atoms with Crippen molar-refractivity contribution in [1.82, 2.24) is 0 Å². The molecule has 1 aliphatic rings. The van der Waals surface area contributed by atoms with Gasteiger partial charge in [0.05, 0.1) is 13.2 Å².